The van der Waals surface area contributed by atoms with Crippen molar-refractivity contribution in [1.82, 2.24) is 24.9 Å². The highest BCUT2D eigenvalue weighted by atomic mass is 16.5. The van der Waals surface area contributed by atoms with Crippen molar-refractivity contribution >= 4 is 28.4 Å². The molecule has 0 saturated carbocycles. The molecule has 4 aromatic rings. The Bertz CT molecular complexity index is 1350. The number of anilines is 2. The maximum Gasteiger partial charge on any atom is 0.384 e. The molecule has 0 spiro atoms. The number of hydrogen-bond donors (Lipinski definition) is 3. The number of carbonyl (C=O) groups is 1. The van der Waals surface area contributed by atoms with Crippen LogP contribution in [0.25, 0.3) is 22.2 Å². The molecular formula is C24H24N6O3. The highest BCUT2D eigenvalue weighted by Crippen LogP contribution is 2.26. The van der Waals surface area contributed by atoms with Crippen molar-refractivity contribution < 1.29 is 10.0 Å². The summed E-state index contributed by atoms with van der Waals surface area (Å²) in [5.41, 5.74) is 2.48. The highest BCUT2D eigenvalue weighted by molar-refractivity contribution is 5.94. The second-order valence-electron chi connectivity index (χ2n) is 7.77. The highest BCUT2D eigenvalue weighted by Gasteiger charge is 2.11. The molecule has 4 rings (SSSR count). The molecule has 2 aromatic carbocycles. The third-order valence-corrected chi connectivity index (χ3v) is 5.08. The van der Waals surface area contributed by atoms with Crippen molar-refractivity contribution in [1.29, 1.82) is 0 Å². The van der Waals surface area contributed by atoms with E-state index in [2.05, 4.69) is 20.6 Å². The van der Waals surface area contributed by atoms with Crippen LogP contribution in [0.2, 0.25) is 0 Å². The Morgan fingerprint density at radius 3 is 2.61 bits per heavy atom. The number of amides is 1. The van der Waals surface area contributed by atoms with Crippen LogP contribution in [0, 0.1) is 0 Å². The van der Waals surface area contributed by atoms with E-state index < -0.39 is 5.69 Å². The summed E-state index contributed by atoms with van der Waals surface area (Å²) in [6.07, 6.45) is 1.49. The van der Waals surface area contributed by atoms with E-state index in [-0.39, 0.29) is 11.6 Å². The second-order valence-corrected chi connectivity index (χ2v) is 7.77. The maximum atomic E-state index is 12.3. The summed E-state index contributed by atoms with van der Waals surface area (Å²) in [6.45, 7) is 1.36. The second kappa shape index (κ2) is 9.49. The number of benzene rings is 2. The van der Waals surface area contributed by atoms with E-state index in [1.54, 1.807) is 24.3 Å². The minimum absolute atomic E-state index is 0.107. The molecular weight excluding hydrogens is 420 g/mol. The molecule has 2 aromatic heterocycles. The number of carbonyl (C=O) groups excluding carboxylic acids is 1. The smallest absolute Gasteiger partial charge is 0.384 e. The van der Waals surface area contributed by atoms with Gasteiger partial charge in [0.1, 0.15) is 5.82 Å². The monoisotopic (exact) mass is 444 g/mol. The molecule has 2 heterocycles. The van der Waals surface area contributed by atoms with Crippen molar-refractivity contribution in [2.45, 2.75) is 0 Å². The van der Waals surface area contributed by atoms with Crippen LogP contribution in [0.4, 0.5) is 11.5 Å². The van der Waals surface area contributed by atoms with E-state index in [4.69, 9.17) is 0 Å². The first-order valence-corrected chi connectivity index (χ1v) is 10.4. The molecule has 0 radical (unpaired) electrons. The number of aromatic nitrogens is 3. The van der Waals surface area contributed by atoms with E-state index in [0.29, 0.717) is 33.7 Å². The number of nitrogens with zero attached hydrogens (tertiary/aromatic N) is 4. The predicted molar refractivity (Wildman–Crippen MR) is 127 cm³/mol. The molecule has 0 fully saturated rings. The topological polar surface area (TPSA) is 112 Å². The van der Waals surface area contributed by atoms with Gasteiger partial charge in [0.15, 0.2) is 5.65 Å². The minimum atomic E-state index is -0.820. The van der Waals surface area contributed by atoms with E-state index in [9.17, 15) is 14.8 Å². The molecule has 9 heteroatoms. The van der Waals surface area contributed by atoms with Crippen LogP contribution in [0.1, 0.15) is 10.4 Å². The molecule has 0 bridgehead atoms. The fourth-order valence-electron chi connectivity index (χ4n) is 3.36. The van der Waals surface area contributed by atoms with Crippen LogP contribution < -0.4 is 16.3 Å². The van der Waals surface area contributed by atoms with Crippen molar-refractivity contribution in [2.75, 3.05) is 32.5 Å². The Labute approximate surface area is 190 Å². The van der Waals surface area contributed by atoms with Gasteiger partial charge in [-0.1, -0.05) is 24.3 Å². The average molecular weight is 444 g/mol. The van der Waals surface area contributed by atoms with Gasteiger partial charge in [-0.15, -0.1) is 4.73 Å². The number of pyridine rings is 1. The van der Waals surface area contributed by atoms with Crippen LogP contribution in [-0.2, 0) is 0 Å². The first-order chi connectivity index (χ1) is 15.9. The summed E-state index contributed by atoms with van der Waals surface area (Å²) < 4.78 is 0.426. The summed E-state index contributed by atoms with van der Waals surface area (Å²) in [6, 6.07) is 18.4. The van der Waals surface area contributed by atoms with Crippen molar-refractivity contribution in [3.63, 3.8) is 0 Å². The molecule has 168 valence electrons. The first-order valence-electron chi connectivity index (χ1n) is 10.4. The lowest BCUT2D eigenvalue weighted by Crippen LogP contribution is -2.31. The number of fused-ring (bicyclic) bond motifs is 1. The zero-order chi connectivity index (χ0) is 23.4. The summed E-state index contributed by atoms with van der Waals surface area (Å²) in [4.78, 5) is 34.3. The van der Waals surface area contributed by atoms with Crippen molar-refractivity contribution in [2.24, 2.45) is 0 Å². The standard InChI is InChI=1S/C24H24N6O3/c1-29(2)14-13-26-23(31)17-10-8-16(9-11-17)18-5-3-6-19(15-18)27-21-20-7-4-12-25-22(20)30(33)24(32)28-21/h3-12,15,33H,13-14H2,1-2H3,(H,26,31)(H,27,28,32). The molecule has 1 amide bonds. The van der Waals surface area contributed by atoms with Crippen LogP contribution in [0.5, 0.6) is 0 Å². The fourth-order valence-corrected chi connectivity index (χ4v) is 3.36. The van der Waals surface area contributed by atoms with E-state index >= 15 is 0 Å². The van der Waals surface area contributed by atoms with Gasteiger partial charge in [0.05, 0.1) is 5.39 Å². The third-order valence-electron chi connectivity index (χ3n) is 5.08. The SMILES string of the molecule is CN(C)CCNC(=O)c1ccc(-c2cccc(Nc3nc(=O)n(O)c4ncccc34)c2)cc1. The minimum Gasteiger partial charge on any atom is -0.422 e. The molecule has 0 aliphatic carbocycles. The molecule has 0 saturated heterocycles. The number of rotatable bonds is 7. The molecule has 0 aliphatic heterocycles. The third kappa shape index (κ3) is 4.99. The Balaban J connectivity index is 1.55. The average Bonchev–Trinajstić information content (AvgIpc) is 2.82. The van der Waals surface area contributed by atoms with Crippen LogP contribution in [0.15, 0.2) is 71.7 Å². The van der Waals surface area contributed by atoms with Gasteiger partial charge in [0.2, 0.25) is 0 Å². The largest absolute Gasteiger partial charge is 0.422 e. The fraction of sp³-hybridized carbons (Fsp3) is 0.167. The van der Waals surface area contributed by atoms with Crippen LogP contribution in [-0.4, -0.2) is 57.9 Å². The summed E-state index contributed by atoms with van der Waals surface area (Å²) in [5.74, 6) is 0.194. The predicted octanol–water partition coefficient (Wildman–Crippen LogP) is 2.73. The Kier molecular flexibility index (Phi) is 6.32. The van der Waals surface area contributed by atoms with Gasteiger partial charge in [0.25, 0.3) is 5.91 Å². The van der Waals surface area contributed by atoms with Crippen molar-refractivity contribution in [3.05, 3.63) is 82.9 Å². The molecule has 0 aliphatic rings. The summed E-state index contributed by atoms with van der Waals surface area (Å²) >= 11 is 0. The van der Waals surface area contributed by atoms with Gasteiger partial charge in [0, 0.05) is 30.5 Å². The lowest BCUT2D eigenvalue weighted by atomic mass is 10.0. The Hall–Kier alpha value is -4.24. The van der Waals surface area contributed by atoms with Gasteiger partial charge in [-0.25, -0.2) is 9.78 Å². The lowest BCUT2D eigenvalue weighted by Gasteiger charge is -2.12. The number of hydrogen-bond acceptors (Lipinski definition) is 7. The van der Waals surface area contributed by atoms with Gasteiger partial charge in [-0.2, -0.15) is 4.98 Å². The first kappa shape index (κ1) is 22.0. The van der Waals surface area contributed by atoms with Gasteiger partial charge < -0.3 is 20.7 Å². The maximum absolute atomic E-state index is 12.3. The van der Waals surface area contributed by atoms with E-state index in [1.165, 1.54) is 6.20 Å². The van der Waals surface area contributed by atoms with Crippen LogP contribution >= 0.6 is 0 Å². The van der Waals surface area contributed by atoms with Crippen LogP contribution in [0.3, 0.4) is 0 Å². The molecule has 9 nitrogen and oxygen atoms in total. The Morgan fingerprint density at radius 1 is 1.06 bits per heavy atom. The summed E-state index contributed by atoms with van der Waals surface area (Å²) in [7, 11) is 3.92. The lowest BCUT2D eigenvalue weighted by molar-refractivity contribution is 0.0951. The molecule has 33 heavy (non-hydrogen) atoms. The number of likely N-dealkylation sites (N-methyl/N-ethyl adjacent to an activating group) is 1. The zero-order valence-corrected chi connectivity index (χ0v) is 18.3. The van der Waals surface area contributed by atoms with Crippen molar-refractivity contribution in [3.8, 4) is 11.1 Å². The Morgan fingerprint density at radius 2 is 1.85 bits per heavy atom. The molecule has 0 atom stereocenters. The molecule has 3 N–H and O–H groups in total. The molecule has 0 unspecified atom stereocenters. The van der Waals surface area contributed by atoms with Gasteiger partial charge in [-0.3, -0.25) is 4.79 Å². The van der Waals surface area contributed by atoms with E-state index in [1.807, 2.05) is 55.4 Å². The zero-order valence-electron chi connectivity index (χ0n) is 18.3. The van der Waals surface area contributed by atoms with E-state index in [0.717, 1.165) is 17.7 Å². The number of nitrogens with one attached hydrogen (secondary N) is 2. The van der Waals surface area contributed by atoms with Gasteiger partial charge in [-0.05, 0) is 61.6 Å². The normalized spacial score (nSPS) is 11.0. The quantitative estimate of drug-likeness (QED) is 0.376. The van der Waals surface area contributed by atoms with Gasteiger partial charge >= 0.3 is 5.69 Å². The summed E-state index contributed by atoms with van der Waals surface area (Å²) in [5, 5.41) is 16.4.